The lowest BCUT2D eigenvalue weighted by molar-refractivity contribution is 0.1000. The van der Waals surface area contributed by atoms with Crippen LogP contribution in [0.15, 0.2) is 48.2 Å². The number of ether oxygens (including phenoxy) is 2. The summed E-state index contributed by atoms with van der Waals surface area (Å²) in [7, 11) is 0. The molecule has 0 bridgehead atoms. The molecule has 4 heteroatoms. The topological polar surface area (TPSA) is 18.5 Å². The molecule has 184 valence electrons. The van der Waals surface area contributed by atoms with Crippen molar-refractivity contribution in [3.63, 3.8) is 0 Å². The molecule has 1 fully saturated rings. The van der Waals surface area contributed by atoms with Gasteiger partial charge in [-0.15, -0.1) is 0 Å². The summed E-state index contributed by atoms with van der Waals surface area (Å²) < 4.78 is 40.1. The van der Waals surface area contributed by atoms with E-state index in [4.69, 9.17) is 9.47 Å². The monoisotopic (exact) mass is 468 g/mol. The lowest BCUT2D eigenvalue weighted by Crippen LogP contribution is -2.22. The van der Waals surface area contributed by atoms with E-state index in [0.717, 1.165) is 31.8 Å². The molecule has 1 saturated carbocycles. The third kappa shape index (κ3) is 6.00. The van der Waals surface area contributed by atoms with Gasteiger partial charge in [0.25, 0.3) is 0 Å². The molecule has 1 heterocycles. The molecule has 0 N–H and O–H groups in total. The molecule has 2 aromatic rings. The predicted molar refractivity (Wildman–Crippen MR) is 134 cm³/mol. The summed E-state index contributed by atoms with van der Waals surface area (Å²) in [6.45, 7) is 5.15. The molecule has 2 aromatic carbocycles. The minimum absolute atomic E-state index is 0.0450. The Hall–Kier alpha value is -2.36. The molecule has 2 aliphatic rings. The van der Waals surface area contributed by atoms with E-state index in [0.29, 0.717) is 24.0 Å². The molecular weight excluding hydrogens is 430 g/mol. The van der Waals surface area contributed by atoms with Crippen molar-refractivity contribution in [1.82, 2.24) is 0 Å². The van der Waals surface area contributed by atoms with Gasteiger partial charge in [-0.2, -0.15) is 4.39 Å². The van der Waals surface area contributed by atoms with E-state index in [-0.39, 0.29) is 11.3 Å². The van der Waals surface area contributed by atoms with Gasteiger partial charge in [0.05, 0.1) is 19.0 Å². The highest BCUT2D eigenvalue weighted by Crippen LogP contribution is 2.38. The number of rotatable bonds is 9. The molecule has 2 nitrogen and oxygen atoms in total. The maximum Gasteiger partial charge on any atom is 0.201 e. The fraction of sp³-hybridized carbons (Fsp3) is 0.533. The summed E-state index contributed by atoms with van der Waals surface area (Å²) >= 11 is 0. The van der Waals surface area contributed by atoms with Crippen LogP contribution in [0, 0.1) is 29.4 Å². The minimum Gasteiger partial charge on any atom is -0.498 e. The molecule has 1 aliphatic heterocycles. The maximum atomic E-state index is 14.5. The van der Waals surface area contributed by atoms with Crippen molar-refractivity contribution in [3.8, 4) is 16.9 Å². The minimum atomic E-state index is -0.929. The molecule has 1 atom stereocenters. The molecule has 0 radical (unpaired) electrons. The van der Waals surface area contributed by atoms with Gasteiger partial charge in [0.15, 0.2) is 11.6 Å². The van der Waals surface area contributed by atoms with E-state index >= 15 is 0 Å². The Kier molecular flexibility index (Phi) is 8.64. The number of hydrogen-bond acceptors (Lipinski definition) is 2. The van der Waals surface area contributed by atoms with E-state index < -0.39 is 11.6 Å². The lowest BCUT2D eigenvalue weighted by Gasteiger charge is -2.32. The van der Waals surface area contributed by atoms with E-state index in [9.17, 15) is 8.78 Å². The number of aryl methyl sites for hydroxylation is 1. The molecule has 4 rings (SSSR count). The fourth-order valence-electron chi connectivity index (χ4n) is 5.50. The van der Waals surface area contributed by atoms with Crippen molar-refractivity contribution in [3.05, 3.63) is 65.4 Å². The Balaban J connectivity index is 1.27. The summed E-state index contributed by atoms with van der Waals surface area (Å²) in [5.41, 5.74) is 2.14. The van der Waals surface area contributed by atoms with Gasteiger partial charge in [-0.25, -0.2) is 4.39 Å². The number of halogens is 2. The van der Waals surface area contributed by atoms with Gasteiger partial charge in [-0.1, -0.05) is 44.0 Å². The molecule has 0 aromatic heterocycles. The van der Waals surface area contributed by atoms with Gasteiger partial charge >= 0.3 is 0 Å². The second-order valence-corrected chi connectivity index (χ2v) is 9.93. The third-order valence-electron chi connectivity index (χ3n) is 7.54. The second kappa shape index (κ2) is 11.9. The normalized spacial score (nSPS) is 22.7. The fourth-order valence-corrected chi connectivity index (χ4v) is 5.50. The zero-order valence-electron chi connectivity index (χ0n) is 20.6. The van der Waals surface area contributed by atoms with Crippen LogP contribution in [0.5, 0.6) is 5.75 Å². The second-order valence-electron chi connectivity index (χ2n) is 9.93. The van der Waals surface area contributed by atoms with E-state index in [1.165, 1.54) is 55.9 Å². The van der Waals surface area contributed by atoms with Crippen LogP contribution in [0.25, 0.3) is 11.1 Å². The molecule has 1 aliphatic carbocycles. The zero-order chi connectivity index (χ0) is 23.9. The van der Waals surface area contributed by atoms with Crippen molar-refractivity contribution in [1.29, 1.82) is 0 Å². The average Bonchev–Trinajstić information content (AvgIpc) is 2.87. The Labute approximate surface area is 203 Å². The number of benzene rings is 2. The molecule has 0 saturated heterocycles. The SMILES string of the molecule is CCCC1CCC(C2=CCC(CCc3ccc(-c4ccc(OCC)c(F)c4F)cc3)CO2)CC1. The van der Waals surface area contributed by atoms with Crippen molar-refractivity contribution in [2.45, 2.75) is 71.6 Å². The Morgan fingerprint density at radius 2 is 1.65 bits per heavy atom. The van der Waals surface area contributed by atoms with Crippen LogP contribution in [0.2, 0.25) is 0 Å². The first-order valence-electron chi connectivity index (χ1n) is 13.1. The van der Waals surface area contributed by atoms with Crippen molar-refractivity contribution in [2.75, 3.05) is 13.2 Å². The van der Waals surface area contributed by atoms with Gasteiger partial charge in [0.2, 0.25) is 5.82 Å². The standard InChI is InChI=1S/C30H38F2O2/c1-3-5-21-10-15-25(16-11-21)27-18-12-23(20-34-27)7-6-22-8-13-24(14-9-22)26-17-19-28(33-4-2)30(32)29(26)31/h8-9,13-14,17-19,21,23,25H,3-7,10-12,15-16,20H2,1-2H3. The number of hydrogen-bond donors (Lipinski definition) is 0. The van der Waals surface area contributed by atoms with E-state index in [2.05, 4.69) is 13.0 Å². The van der Waals surface area contributed by atoms with Crippen LogP contribution in [0.3, 0.4) is 0 Å². The molecule has 0 amide bonds. The van der Waals surface area contributed by atoms with Gasteiger partial charge in [-0.3, -0.25) is 0 Å². The van der Waals surface area contributed by atoms with Crippen LogP contribution in [0.4, 0.5) is 8.78 Å². The van der Waals surface area contributed by atoms with Crippen LogP contribution >= 0.6 is 0 Å². The van der Waals surface area contributed by atoms with Gasteiger partial charge in [0.1, 0.15) is 0 Å². The lowest BCUT2D eigenvalue weighted by atomic mass is 9.78. The quantitative estimate of drug-likeness (QED) is 0.367. The smallest absolute Gasteiger partial charge is 0.201 e. The molecule has 34 heavy (non-hydrogen) atoms. The first-order chi connectivity index (χ1) is 16.6. The Bertz CT molecular complexity index is 959. The predicted octanol–water partition coefficient (Wildman–Crippen LogP) is 8.49. The Morgan fingerprint density at radius 3 is 2.29 bits per heavy atom. The first kappa shape index (κ1) is 24.8. The largest absolute Gasteiger partial charge is 0.498 e. The average molecular weight is 469 g/mol. The maximum absolute atomic E-state index is 14.5. The zero-order valence-corrected chi connectivity index (χ0v) is 20.6. The molecule has 1 unspecified atom stereocenters. The van der Waals surface area contributed by atoms with Gasteiger partial charge < -0.3 is 9.47 Å². The van der Waals surface area contributed by atoms with Gasteiger partial charge in [0, 0.05) is 11.5 Å². The van der Waals surface area contributed by atoms with Crippen molar-refractivity contribution >= 4 is 0 Å². The van der Waals surface area contributed by atoms with Crippen LogP contribution in [-0.2, 0) is 11.2 Å². The van der Waals surface area contributed by atoms with Crippen LogP contribution < -0.4 is 4.74 Å². The van der Waals surface area contributed by atoms with E-state index in [1.54, 1.807) is 13.0 Å². The first-order valence-corrected chi connectivity index (χ1v) is 13.1. The van der Waals surface area contributed by atoms with Gasteiger partial charge in [-0.05, 0) is 93.0 Å². The van der Waals surface area contributed by atoms with Crippen LogP contribution in [-0.4, -0.2) is 13.2 Å². The van der Waals surface area contributed by atoms with Crippen molar-refractivity contribution < 1.29 is 18.3 Å². The summed E-state index contributed by atoms with van der Waals surface area (Å²) in [6, 6.07) is 10.9. The summed E-state index contributed by atoms with van der Waals surface area (Å²) in [5, 5.41) is 0. The highest BCUT2D eigenvalue weighted by molar-refractivity contribution is 5.65. The van der Waals surface area contributed by atoms with Crippen LogP contribution in [0.1, 0.15) is 70.8 Å². The molecular formula is C30H38F2O2. The highest BCUT2D eigenvalue weighted by atomic mass is 19.2. The highest BCUT2D eigenvalue weighted by Gasteiger charge is 2.27. The third-order valence-corrected chi connectivity index (χ3v) is 7.54. The summed E-state index contributed by atoms with van der Waals surface area (Å²) in [5.74, 6) is 1.51. The Morgan fingerprint density at radius 1 is 0.882 bits per heavy atom. The van der Waals surface area contributed by atoms with Crippen molar-refractivity contribution in [2.24, 2.45) is 17.8 Å². The summed E-state index contributed by atoms with van der Waals surface area (Å²) in [6.07, 6.45) is 13.4. The number of allylic oxidation sites excluding steroid dienone is 2. The summed E-state index contributed by atoms with van der Waals surface area (Å²) in [4.78, 5) is 0. The molecule has 0 spiro atoms. The van der Waals surface area contributed by atoms with E-state index in [1.807, 2.05) is 24.3 Å².